The fraction of sp³-hybridized carbons (Fsp3) is 0.591. The van der Waals surface area contributed by atoms with Gasteiger partial charge in [0.1, 0.15) is 11.9 Å². The summed E-state index contributed by atoms with van der Waals surface area (Å²) >= 11 is 0. The van der Waals surface area contributed by atoms with Crippen molar-refractivity contribution in [2.45, 2.75) is 24.8 Å². The van der Waals surface area contributed by atoms with Crippen LogP contribution >= 0.6 is 0 Å². The Hall–Kier alpha value is -2.50. The SMILES string of the molecule is CC(C)[C@H](N=C1NS(=O)(=O)c2ccccc21)C(=O)N1CCN(C(=O)CN2CCOCC2)CC1. The van der Waals surface area contributed by atoms with Crippen LogP contribution in [-0.2, 0) is 24.3 Å². The fourth-order valence-corrected chi connectivity index (χ4v) is 5.51. The highest BCUT2D eigenvalue weighted by atomic mass is 32.2. The third kappa shape index (κ3) is 5.20. The number of ether oxygens (including phenoxy) is 1. The number of nitrogens with zero attached hydrogens (tertiary/aromatic N) is 4. The van der Waals surface area contributed by atoms with E-state index in [2.05, 4.69) is 14.6 Å². The van der Waals surface area contributed by atoms with E-state index in [1.165, 1.54) is 6.07 Å². The third-order valence-corrected chi connectivity index (χ3v) is 7.62. The first-order valence-corrected chi connectivity index (χ1v) is 12.8. The van der Waals surface area contributed by atoms with Crippen molar-refractivity contribution in [3.63, 3.8) is 0 Å². The van der Waals surface area contributed by atoms with Crippen molar-refractivity contribution in [3.8, 4) is 0 Å². The highest BCUT2D eigenvalue weighted by molar-refractivity contribution is 7.90. The molecule has 3 aliphatic heterocycles. The maximum atomic E-state index is 13.3. The molecule has 0 radical (unpaired) electrons. The summed E-state index contributed by atoms with van der Waals surface area (Å²) in [5.41, 5.74) is 0.481. The lowest BCUT2D eigenvalue weighted by Gasteiger charge is -2.37. The van der Waals surface area contributed by atoms with E-state index in [9.17, 15) is 18.0 Å². The molecule has 1 N–H and O–H groups in total. The third-order valence-electron chi connectivity index (χ3n) is 6.22. The quantitative estimate of drug-likeness (QED) is 0.626. The van der Waals surface area contributed by atoms with Crippen molar-refractivity contribution in [3.05, 3.63) is 29.8 Å². The van der Waals surface area contributed by atoms with Crippen molar-refractivity contribution in [2.75, 3.05) is 59.0 Å². The van der Waals surface area contributed by atoms with E-state index in [4.69, 9.17) is 4.74 Å². The van der Waals surface area contributed by atoms with E-state index in [1.54, 1.807) is 28.0 Å². The first-order chi connectivity index (χ1) is 15.8. The number of hydrogen-bond acceptors (Lipinski definition) is 7. The van der Waals surface area contributed by atoms with E-state index in [-0.39, 0.29) is 28.5 Å². The van der Waals surface area contributed by atoms with Crippen molar-refractivity contribution >= 4 is 27.7 Å². The number of aliphatic imine (C=N–C) groups is 1. The van der Waals surface area contributed by atoms with Crippen molar-refractivity contribution in [2.24, 2.45) is 10.9 Å². The van der Waals surface area contributed by atoms with E-state index >= 15 is 0 Å². The molecule has 0 bridgehead atoms. The number of amides is 2. The Kier molecular flexibility index (Phi) is 7.01. The van der Waals surface area contributed by atoms with Gasteiger partial charge in [-0.2, -0.15) is 0 Å². The maximum Gasteiger partial charge on any atom is 0.263 e. The lowest BCUT2D eigenvalue weighted by atomic mass is 10.0. The minimum absolute atomic E-state index is 0.0709. The van der Waals surface area contributed by atoms with Crippen LogP contribution in [-0.4, -0.2) is 106 Å². The average Bonchev–Trinajstić information content (AvgIpc) is 3.07. The minimum Gasteiger partial charge on any atom is -0.379 e. The number of carbonyl (C=O) groups is 2. The van der Waals surface area contributed by atoms with Crippen LogP contribution in [0.15, 0.2) is 34.2 Å². The van der Waals surface area contributed by atoms with Gasteiger partial charge in [0.05, 0.1) is 24.7 Å². The van der Waals surface area contributed by atoms with Crippen LogP contribution in [0, 0.1) is 5.92 Å². The second-order valence-corrected chi connectivity index (χ2v) is 10.5. The standard InChI is InChI=1S/C22H31N5O5S/c1-16(2)20(23-21-17-5-3-4-6-18(17)33(30,31)24-21)22(29)27-9-7-26(8-10-27)19(28)15-25-11-13-32-14-12-25/h3-6,16,20H,7-15H2,1-2H3,(H,23,24)/t20-/m0/s1. The molecule has 180 valence electrons. The number of amidine groups is 1. The van der Waals surface area contributed by atoms with E-state index in [0.717, 1.165) is 13.1 Å². The maximum absolute atomic E-state index is 13.3. The van der Waals surface area contributed by atoms with Crippen LogP contribution in [0.2, 0.25) is 0 Å². The molecule has 0 aromatic heterocycles. The van der Waals surface area contributed by atoms with Gasteiger partial charge < -0.3 is 14.5 Å². The monoisotopic (exact) mass is 477 g/mol. The van der Waals surface area contributed by atoms with Crippen LogP contribution < -0.4 is 4.72 Å². The molecule has 2 saturated heterocycles. The number of carbonyl (C=O) groups excluding carboxylic acids is 2. The first-order valence-electron chi connectivity index (χ1n) is 11.3. The number of fused-ring (bicyclic) bond motifs is 1. The average molecular weight is 478 g/mol. The molecule has 1 aromatic carbocycles. The molecule has 1 aromatic rings. The van der Waals surface area contributed by atoms with Gasteiger partial charge in [-0.1, -0.05) is 26.0 Å². The Bertz CT molecular complexity index is 1030. The van der Waals surface area contributed by atoms with Gasteiger partial charge in [0.2, 0.25) is 11.8 Å². The minimum atomic E-state index is -3.67. The molecule has 10 nitrogen and oxygen atoms in total. The molecule has 3 aliphatic rings. The lowest BCUT2D eigenvalue weighted by Crippen LogP contribution is -2.55. The van der Waals surface area contributed by atoms with Crippen LogP contribution in [0.5, 0.6) is 0 Å². The Morgan fingerprint density at radius 2 is 1.67 bits per heavy atom. The zero-order valence-electron chi connectivity index (χ0n) is 19.1. The van der Waals surface area contributed by atoms with Gasteiger partial charge in [0, 0.05) is 44.8 Å². The molecular formula is C22H31N5O5S. The number of benzene rings is 1. The summed E-state index contributed by atoms with van der Waals surface area (Å²) in [5.74, 6) is 0.00296. The smallest absolute Gasteiger partial charge is 0.263 e. The number of hydrogen-bond donors (Lipinski definition) is 1. The zero-order valence-corrected chi connectivity index (χ0v) is 19.9. The molecule has 1 atom stereocenters. The van der Waals surface area contributed by atoms with Gasteiger partial charge >= 0.3 is 0 Å². The van der Waals surface area contributed by atoms with E-state index in [0.29, 0.717) is 51.5 Å². The predicted octanol–water partition coefficient (Wildman–Crippen LogP) is -0.247. The molecule has 3 heterocycles. The van der Waals surface area contributed by atoms with Gasteiger partial charge in [-0.05, 0) is 18.1 Å². The molecular weight excluding hydrogens is 446 g/mol. The zero-order chi connectivity index (χ0) is 23.6. The largest absolute Gasteiger partial charge is 0.379 e. The molecule has 2 fully saturated rings. The summed E-state index contributed by atoms with van der Waals surface area (Å²) in [6, 6.07) is 5.90. The number of sulfonamides is 1. The number of morpholine rings is 1. The summed E-state index contributed by atoms with van der Waals surface area (Å²) in [6.07, 6.45) is 0. The molecule has 4 rings (SSSR count). The topological polar surface area (TPSA) is 112 Å². The highest BCUT2D eigenvalue weighted by Gasteiger charge is 2.35. The van der Waals surface area contributed by atoms with Crippen LogP contribution in [0.1, 0.15) is 19.4 Å². The Balaban J connectivity index is 1.41. The van der Waals surface area contributed by atoms with Gasteiger partial charge in [-0.15, -0.1) is 0 Å². The summed E-state index contributed by atoms with van der Waals surface area (Å²) in [6.45, 7) is 8.80. The predicted molar refractivity (Wildman–Crippen MR) is 122 cm³/mol. The fourth-order valence-electron chi connectivity index (χ4n) is 4.27. The molecule has 0 spiro atoms. The lowest BCUT2D eigenvalue weighted by molar-refractivity contribution is -0.141. The van der Waals surface area contributed by atoms with E-state index < -0.39 is 16.1 Å². The molecule has 0 saturated carbocycles. The van der Waals surface area contributed by atoms with Crippen LogP contribution in [0.4, 0.5) is 0 Å². The van der Waals surface area contributed by atoms with Crippen molar-refractivity contribution in [1.29, 1.82) is 0 Å². The van der Waals surface area contributed by atoms with Gasteiger partial charge in [0.15, 0.2) is 0 Å². The normalized spacial score (nSPS) is 22.8. The number of nitrogens with one attached hydrogen (secondary N) is 1. The van der Waals surface area contributed by atoms with Gasteiger partial charge in [-0.3, -0.25) is 24.2 Å². The molecule has 2 amide bonds. The summed E-state index contributed by atoms with van der Waals surface area (Å²) in [7, 11) is -3.67. The molecule has 0 unspecified atom stereocenters. The van der Waals surface area contributed by atoms with Gasteiger partial charge in [0.25, 0.3) is 10.0 Å². The number of piperazine rings is 1. The number of rotatable bonds is 5. The Morgan fingerprint density at radius 1 is 1.03 bits per heavy atom. The van der Waals surface area contributed by atoms with Crippen molar-refractivity contribution in [1.82, 2.24) is 19.4 Å². The molecule has 33 heavy (non-hydrogen) atoms. The summed E-state index contributed by atoms with van der Waals surface area (Å²) < 4.78 is 32.6. The Morgan fingerprint density at radius 3 is 2.33 bits per heavy atom. The molecule has 11 heteroatoms. The van der Waals surface area contributed by atoms with Crippen molar-refractivity contribution < 1.29 is 22.7 Å². The summed E-state index contributed by atoms with van der Waals surface area (Å²) in [5, 5.41) is 0. The first kappa shape index (κ1) is 23.7. The van der Waals surface area contributed by atoms with E-state index in [1.807, 2.05) is 13.8 Å². The van der Waals surface area contributed by atoms with Crippen LogP contribution in [0.25, 0.3) is 0 Å². The molecule has 0 aliphatic carbocycles. The highest BCUT2D eigenvalue weighted by Crippen LogP contribution is 2.24. The second kappa shape index (κ2) is 9.78. The second-order valence-electron chi connectivity index (χ2n) is 8.86. The van der Waals surface area contributed by atoms with Gasteiger partial charge in [-0.25, -0.2) is 8.42 Å². The Labute approximate surface area is 194 Å². The van der Waals surface area contributed by atoms with Crippen LogP contribution in [0.3, 0.4) is 0 Å². The summed E-state index contributed by atoms with van der Waals surface area (Å²) in [4.78, 5) is 36.3.